The van der Waals surface area contributed by atoms with Gasteiger partial charge in [-0.15, -0.1) is 0 Å². The molecule has 0 amide bonds. The number of anilines is 1. The largest absolute Gasteiger partial charge is 0.369 e. The van der Waals surface area contributed by atoms with Crippen LogP contribution in [0.5, 0.6) is 0 Å². The molecule has 8 heteroatoms. The van der Waals surface area contributed by atoms with Gasteiger partial charge in [0.05, 0.1) is 18.3 Å². The summed E-state index contributed by atoms with van der Waals surface area (Å²) in [7, 11) is 0. The quantitative estimate of drug-likeness (QED) is 0.612. The van der Waals surface area contributed by atoms with Gasteiger partial charge in [-0.1, -0.05) is 0 Å². The first-order valence-corrected chi connectivity index (χ1v) is 5.93. The van der Waals surface area contributed by atoms with Gasteiger partial charge in [-0.05, 0) is 12.8 Å². The van der Waals surface area contributed by atoms with Gasteiger partial charge in [0.2, 0.25) is 5.95 Å². The van der Waals surface area contributed by atoms with Crippen molar-refractivity contribution < 1.29 is 0 Å². The van der Waals surface area contributed by atoms with Crippen LogP contribution < -0.4 is 11.3 Å². The predicted molar refractivity (Wildman–Crippen MR) is 69.5 cm³/mol. The highest BCUT2D eigenvalue weighted by atomic mass is 16.1. The summed E-state index contributed by atoms with van der Waals surface area (Å²) >= 11 is 0. The molecule has 0 radical (unpaired) electrons. The standard InChI is InChI=1S/C11H13N7O/c12-11-17-10(19)8-9(16-6-15-8)18(11)3-1-2-7-4-13-5-14-7/h4-6H,1-3H2,(H,13,14)(H,15,16)(H2,12,17,19). The number of hydrogen-bond acceptors (Lipinski definition) is 5. The number of imidazole rings is 2. The highest BCUT2D eigenvalue weighted by molar-refractivity contribution is 5.70. The Bertz CT molecular complexity index is 740. The van der Waals surface area contributed by atoms with E-state index in [1.807, 2.05) is 6.20 Å². The van der Waals surface area contributed by atoms with Crippen LogP contribution >= 0.6 is 0 Å². The fourth-order valence-electron chi connectivity index (χ4n) is 2.05. The fraction of sp³-hybridized carbons (Fsp3) is 0.273. The van der Waals surface area contributed by atoms with Crippen LogP contribution in [0.3, 0.4) is 0 Å². The SMILES string of the molecule is Nc1nc(=O)c2nc[nH]c2n1CCCc1c[nH]cn1. The average molecular weight is 259 g/mol. The van der Waals surface area contributed by atoms with E-state index in [4.69, 9.17) is 5.73 Å². The summed E-state index contributed by atoms with van der Waals surface area (Å²) in [5.41, 5.74) is 7.30. The van der Waals surface area contributed by atoms with Crippen molar-refractivity contribution in [2.45, 2.75) is 19.4 Å². The summed E-state index contributed by atoms with van der Waals surface area (Å²) in [5, 5.41) is 0. The topological polar surface area (TPSA) is 118 Å². The van der Waals surface area contributed by atoms with Crippen molar-refractivity contribution in [3.05, 3.63) is 34.9 Å². The zero-order chi connectivity index (χ0) is 13.2. The van der Waals surface area contributed by atoms with Crippen LogP contribution in [0.2, 0.25) is 0 Å². The van der Waals surface area contributed by atoms with Gasteiger partial charge in [-0.2, -0.15) is 4.98 Å². The van der Waals surface area contributed by atoms with E-state index in [1.54, 1.807) is 10.9 Å². The molecule has 0 aliphatic carbocycles. The first kappa shape index (κ1) is 11.5. The summed E-state index contributed by atoms with van der Waals surface area (Å²) < 4.78 is 1.76. The number of aryl methyl sites for hydroxylation is 2. The molecule has 0 atom stereocenters. The Morgan fingerprint density at radius 1 is 1.32 bits per heavy atom. The van der Waals surface area contributed by atoms with E-state index in [-0.39, 0.29) is 5.95 Å². The second-order valence-electron chi connectivity index (χ2n) is 4.19. The van der Waals surface area contributed by atoms with Crippen molar-refractivity contribution in [3.63, 3.8) is 0 Å². The Hall–Kier alpha value is -2.64. The van der Waals surface area contributed by atoms with Crippen LogP contribution in [0.4, 0.5) is 5.95 Å². The molecule has 4 N–H and O–H groups in total. The molecule has 98 valence electrons. The molecule has 3 rings (SSSR count). The van der Waals surface area contributed by atoms with Crippen LogP contribution in [-0.4, -0.2) is 29.5 Å². The van der Waals surface area contributed by atoms with Crippen LogP contribution in [0.25, 0.3) is 11.2 Å². The Kier molecular flexibility index (Phi) is 2.75. The van der Waals surface area contributed by atoms with Crippen molar-refractivity contribution in [2.75, 3.05) is 5.73 Å². The third-order valence-electron chi connectivity index (χ3n) is 2.95. The van der Waals surface area contributed by atoms with Crippen LogP contribution in [0.15, 0.2) is 23.6 Å². The molecule has 3 aromatic rings. The second-order valence-corrected chi connectivity index (χ2v) is 4.19. The number of aromatic nitrogens is 6. The van der Waals surface area contributed by atoms with Gasteiger partial charge < -0.3 is 15.7 Å². The zero-order valence-electron chi connectivity index (χ0n) is 10.1. The lowest BCUT2D eigenvalue weighted by Crippen LogP contribution is -2.18. The summed E-state index contributed by atoms with van der Waals surface area (Å²) in [4.78, 5) is 29.3. The maximum absolute atomic E-state index is 11.6. The first-order valence-electron chi connectivity index (χ1n) is 5.93. The molecule has 0 bridgehead atoms. The summed E-state index contributed by atoms with van der Waals surface area (Å²) in [6.07, 6.45) is 6.65. The van der Waals surface area contributed by atoms with E-state index in [2.05, 4.69) is 24.9 Å². The molecule has 3 aromatic heterocycles. The predicted octanol–water partition coefficient (Wildman–Crippen LogP) is 0.0577. The number of nitrogen functional groups attached to an aromatic ring is 1. The highest BCUT2D eigenvalue weighted by Crippen LogP contribution is 2.10. The normalized spacial score (nSPS) is 11.2. The minimum absolute atomic E-state index is 0.198. The summed E-state index contributed by atoms with van der Waals surface area (Å²) in [6, 6.07) is 0. The summed E-state index contributed by atoms with van der Waals surface area (Å²) in [6.45, 7) is 0.644. The van der Waals surface area contributed by atoms with Gasteiger partial charge in [0.15, 0.2) is 5.52 Å². The van der Waals surface area contributed by atoms with Gasteiger partial charge in [0.1, 0.15) is 5.65 Å². The molecule has 0 saturated heterocycles. The lowest BCUT2D eigenvalue weighted by Gasteiger charge is -2.09. The Balaban J connectivity index is 1.84. The fourth-order valence-corrected chi connectivity index (χ4v) is 2.05. The number of rotatable bonds is 4. The van der Waals surface area contributed by atoms with Crippen molar-refractivity contribution in [1.29, 1.82) is 0 Å². The lowest BCUT2D eigenvalue weighted by atomic mass is 10.2. The molecule has 0 aliphatic rings. The molecular formula is C11H13N7O. The van der Waals surface area contributed by atoms with Crippen LogP contribution in [0.1, 0.15) is 12.1 Å². The molecule has 0 aliphatic heterocycles. The maximum atomic E-state index is 11.6. The molecule has 8 nitrogen and oxygen atoms in total. The maximum Gasteiger partial charge on any atom is 0.302 e. The van der Waals surface area contributed by atoms with Gasteiger partial charge >= 0.3 is 5.56 Å². The Morgan fingerprint density at radius 2 is 2.21 bits per heavy atom. The average Bonchev–Trinajstić information content (AvgIpc) is 3.04. The van der Waals surface area contributed by atoms with Crippen LogP contribution in [0, 0.1) is 0 Å². The molecular weight excluding hydrogens is 246 g/mol. The number of aromatic amines is 2. The van der Waals surface area contributed by atoms with Crippen molar-refractivity contribution in [3.8, 4) is 0 Å². The molecule has 0 spiro atoms. The monoisotopic (exact) mass is 259 g/mol. The van der Waals surface area contributed by atoms with E-state index >= 15 is 0 Å². The lowest BCUT2D eigenvalue weighted by molar-refractivity contribution is 0.647. The Labute approximate surface area is 107 Å². The van der Waals surface area contributed by atoms with E-state index in [0.29, 0.717) is 17.7 Å². The minimum Gasteiger partial charge on any atom is -0.369 e. The number of nitrogens with two attached hydrogens (primary N) is 1. The second kappa shape index (κ2) is 4.56. The van der Waals surface area contributed by atoms with Gasteiger partial charge in [0, 0.05) is 12.7 Å². The third-order valence-corrected chi connectivity index (χ3v) is 2.95. The van der Waals surface area contributed by atoms with E-state index in [0.717, 1.165) is 18.5 Å². The first-order chi connectivity index (χ1) is 9.25. The highest BCUT2D eigenvalue weighted by Gasteiger charge is 2.10. The summed E-state index contributed by atoms with van der Waals surface area (Å²) in [5.74, 6) is 0.198. The van der Waals surface area contributed by atoms with Gasteiger partial charge in [-0.25, -0.2) is 9.97 Å². The molecule has 0 fully saturated rings. The number of nitrogens with one attached hydrogen (secondary N) is 2. The van der Waals surface area contributed by atoms with Crippen molar-refractivity contribution in [1.82, 2.24) is 29.5 Å². The van der Waals surface area contributed by atoms with Gasteiger partial charge in [0.25, 0.3) is 0 Å². The third kappa shape index (κ3) is 2.07. The van der Waals surface area contributed by atoms with Crippen LogP contribution in [-0.2, 0) is 13.0 Å². The molecule has 0 aromatic carbocycles. The molecule has 19 heavy (non-hydrogen) atoms. The van der Waals surface area contributed by atoms with Crippen molar-refractivity contribution in [2.24, 2.45) is 0 Å². The van der Waals surface area contributed by atoms with E-state index < -0.39 is 5.56 Å². The smallest absolute Gasteiger partial charge is 0.302 e. The Morgan fingerprint density at radius 3 is 3.00 bits per heavy atom. The minimum atomic E-state index is -0.405. The number of H-pyrrole nitrogens is 2. The van der Waals surface area contributed by atoms with Gasteiger partial charge in [-0.3, -0.25) is 9.36 Å². The number of hydrogen-bond donors (Lipinski definition) is 3. The van der Waals surface area contributed by atoms with E-state index in [1.165, 1.54) is 6.33 Å². The molecule has 3 heterocycles. The number of nitrogens with zero attached hydrogens (tertiary/aromatic N) is 4. The zero-order valence-corrected chi connectivity index (χ0v) is 10.1. The number of fused-ring (bicyclic) bond motifs is 1. The molecule has 0 saturated carbocycles. The van der Waals surface area contributed by atoms with Crippen molar-refractivity contribution >= 4 is 17.1 Å². The molecule has 0 unspecified atom stereocenters. The van der Waals surface area contributed by atoms with E-state index in [9.17, 15) is 4.79 Å².